The van der Waals surface area contributed by atoms with E-state index in [-0.39, 0.29) is 12.2 Å². The van der Waals surface area contributed by atoms with Crippen molar-refractivity contribution >= 4 is 23.6 Å². The zero-order valence-corrected chi connectivity index (χ0v) is 17.4. The summed E-state index contributed by atoms with van der Waals surface area (Å²) in [6.07, 6.45) is 3.23. The van der Waals surface area contributed by atoms with Crippen LogP contribution in [-0.4, -0.2) is 29.0 Å². The second kappa shape index (κ2) is 9.77. The van der Waals surface area contributed by atoms with Crippen molar-refractivity contribution in [1.82, 2.24) is 9.78 Å². The Morgan fingerprint density at radius 2 is 1.97 bits per heavy atom. The van der Waals surface area contributed by atoms with Gasteiger partial charge in [0.1, 0.15) is 23.1 Å². The van der Waals surface area contributed by atoms with Crippen LogP contribution in [0.1, 0.15) is 19.4 Å². The van der Waals surface area contributed by atoms with E-state index in [1.54, 1.807) is 29.9 Å². The highest BCUT2D eigenvalue weighted by molar-refractivity contribution is 6.32. The summed E-state index contributed by atoms with van der Waals surface area (Å²) in [6, 6.07) is 16.8. The van der Waals surface area contributed by atoms with Crippen molar-refractivity contribution in [3.8, 4) is 28.8 Å². The number of rotatable bonds is 7. The Balaban J connectivity index is 2.13. The van der Waals surface area contributed by atoms with Crippen LogP contribution in [0.2, 0.25) is 5.02 Å². The molecular formula is C23H20ClN3O3. The van der Waals surface area contributed by atoms with Gasteiger partial charge < -0.3 is 9.47 Å². The number of carbonyl (C=O) groups excluding carboxylic acids is 1. The van der Waals surface area contributed by atoms with E-state index >= 15 is 0 Å². The van der Waals surface area contributed by atoms with Crippen LogP contribution in [0.15, 0.2) is 60.3 Å². The Morgan fingerprint density at radius 3 is 2.60 bits per heavy atom. The molecular weight excluding hydrogens is 402 g/mol. The average molecular weight is 422 g/mol. The van der Waals surface area contributed by atoms with Gasteiger partial charge in [0.25, 0.3) is 0 Å². The molecule has 0 aliphatic rings. The van der Waals surface area contributed by atoms with Gasteiger partial charge in [-0.05, 0) is 50.3 Å². The number of nitriles is 1. The van der Waals surface area contributed by atoms with Crippen molar-refractivity contribution in [3.63, 3.8) is 0 Å². The number of halogens is 1. The standard InChI is InChI=1S/C23H20ClN3O3/c1-3-29-21-11-10-16(13-20(21)24)22-18(12-17(14-25)23(28)30-4-2)15-27(26-22)19-8-6-5-7-9-19/h5-13,15H,3-4H2,1-2H3/b17-12-. The van der Waals surface area contributed by atoms with Gasteiger partial charge in [-0.25, -0.2) is 9.48 Å². The van der Waals surface area contributed by atoms with Gasteiger partial charge in [0.05, 0.1) is 23.9 Å². The quantitative estimate of drug-likeness (QED) is 0.302. The lowest BCUT2D eigenvalue weighted by atomic mass is 10.1. The number of nitrogens with zero attached hydrogens (tertiary/aromatic N) is 3. The third kappa shape index (κ3) is 4.70. The predicted octanol–water partition coefficient (Wildman–Crippen LogP) is 5.06. The normalized spacial score (nSPS) is 11.1. The van der Waals surface area contributed by atoms with Crippen LogP contribution < -0.4 is 4.74 Å². The van der Waals surface area contributed by atoms with E-state index < -0.39 is 5.97 Å². The molecule has 1 aromatic heterocycles. The molecule has 0 fully saturated rings. The summed E-state index contributed by atoms with van der Waals surface area (Å²) in [5, 5.41) is 14.5. The Hall–Kier alpha value is -3.56. The van der Waals surface area contributed by atoms with Gasteiger partial charge in [0.15, 0.2) is 0 Å². The Kier molecular flexibility index (Phi) is 6.89. The highest BCUT2D eigenvalue weighted by atomic mass is 35.5. The van der Waals surface area contributed by atoms with Crippen LogP contribution in [0.3, 0.4) is 0 Å². The molecule has 6 nitrogen and oxygen atoms in total. The fourth-order valence-corrected chi connectivity index (χ4v) is 3.09. The van der Waals surface area contributed by atoms with E-state index in [1.165, 1.54) is 6.08 Å². The van der Waals surface area contributed by atoms with E-state index in [1.807, 2.05) is 49.4 Å². The van der Waals surface area contributed by atoms with Gasteiger partial charge >= 0.3 is 5.97 Å². The highest BCUT2D eigenvalue weighted by Crippen LogP contribution is 2.32. The molecule has 0 radical (unpaired) electrons. The summed E-state index contributed by atoms with van der Waals surface area (Å²) < 4.78 is 12.2. The van der Waals surface area contributed by atoms with Gasteiger partial charge in [-0.15, -0.1) is 0 Å². The van der Waals surface area contributed by atoms with Crippen molar-refractivity contribution < 1.29 is 14.3 Å². The molecule has 0 aliphatic heterocycles. The van der Waals surface area contributed by atoms with Crippen LogP contribution in [0.25, 0.3) is 23.0 Å². The number of aromatic nitrogens is 2. The molecule has 0 atom stereocenters. The fraction of sp³-hybridized carbons (Fsp3) is 0.174. The van der Waals surface area contributed by atoms with Crippen molar-refractivity contribution in [3.05, 3.63) is 70.9 Å². The number of hydrogen-bond acceptors (Lipinski definition) is 5. The molecule has 0 bridgehead atoms. The molecule has 30 heavy (non-hydrogen) atoms. The first-order valence-electron chi connectivity index (χ1n) is 9.44. The summed E-state index contributed by atoms with van der Waals surface area (Å²) in [4.78, 5) is 12.1. The third-order valence-corrected chi connectivity index (χ3v) is 4.48. The lowest BCUT2D eigenvalue weighted by Crippen LogP contribution is -2.06. The second-order valence-corrected chi connectivity index (χ2v) is 6.59. The van der Waals surface area contributed by atoms with Crippen molar-refractivity contribution in [2.24, 2.45) is 0 Å². The minimum Gasteiger partial charge on any atom is -0.492 e. The summed E-state index contributed by atoms with van der Waals surface area (Å²) in [5.74, 6) is -0.102. The van der Waals surface area contributed by atoms with Gasteiger partial charge in [0.2, 0.25) is 0 Å². The molecule has 0 unspecified atom stereocenters. The highest BCUT2D eigenvalue weighted by Gasteiger charge is 2.16. The summed E-state index contributed by atoms with van der Waals surface area (Å²) in [5.41, 5.74) is 2.61. The zero-order chi connectivity index (χ0) is 21.5. The second-order valence-electron chi connectivity index (χ2n) is 6.18. The van der Waals surface area contributed by atoms with Crippen molar-refractivity contribution in [1.29, 1.82) is 5.26 Å². The summed E-state index contributed by atoms with van der Waals surface area (Å²) >= 11 is 6.36. The largest absolute Gasteiger partial charge is 0.492 e. The Labute approximate surface area is 179 Å². The van der Waals surface area contributed by atoms with Gasteiger partial charge in [0, 0.05) is 17.3 Å². The van der Waals surface area contributed by atoms with Gasteiger partial charge in [-0.1, -0.05) is 29.8 Å². The minimum atomic E-state index is -0.678. The average Bonchev–Trinajstić information content (AvgIpc) is 3.18. The van der Waals surface area contributed by atoms with E-state index in [2.05, 4.69) is 5.10 Å². The summed E-state index contributed by atoms with van der Waals surface area (Å²) in [6.45, 7) is 4.25. The maximum absolute atomic E-state index is 12.1. The van der Waals surface area contributed by atoms with Crippen molar-refractivity contribution in [2.45, 2.75) is 13.8 Å². The number of esters is 1. The van der Waals surface area contributed by atoms with Gasteiger partial charge in [-0.2, -0.15) is 10.4 Å². The first kappa shape index (κ1) is 21.2. The fourth-order valence-electron chi connectivity index (χ4n) is 2.85. The lowest BCUT2D eigenvalue weighted by Gasteiger charge is -2.07. The van der Waals surface area contributed by atoms with Crippen LogP contribution in [0.5, 0.6) is 5.75 Å². The molecule has 1 heterocycles. The monoisotopic (exact) mass is 421 g/mol. The molecule has 0 aliphatic carbocycles. The van der Waals surface area contributed by atoms with E-state index in [4.69, 9.17) is 21.1 Å². The Bertz CT molecular complexity index is 1110. The molecule has 2 aromatic carbocycles. The number of hydrogen-bond donors (Lipinski definition) is 0. The van der Waals surface area contributed by atoms with Crippen molar-refractivity contribution in [2.75, 3.05) is 13.2 Å². The van der Waals surface area contributed by atoms with Crippen LogP contribution in [-0.2, 0) is 9.53 Å². The minimum absolute atomic E-state index is 0.109. The van der Waals surface area contributed by atoms with E-state index in [0.29, 0.717) is 28.6 Å². The van der Waals surface area contributed by atoms with Crippen LogP contribution in [0, 0.1) is 11.3 Å². The SMILES string of the molecule is CCOC(=O)/C(C#N)=C\c1cn(-c2ccccc2)nc1-c1ccc(OCC)c(Cl)c1. The molecule has 0 saturated heterocycles. The summed E-state index contributed by atoms with van der Waals surface area (Å²) in [7, 11) is 0. The number of para-hydroxylation sites is 1. The van der Waals surface area contributed by atoms with Gasteiger partial charge in [-0.3, -0.25) is 0 Å². The zero-order valence-electron chi connectivity index (χ0n) is 16.6. The van der Waals surface area contributed by atoms with Crippen LogP contribution in [0.4, 0.5) is 0 Å². The molecule has 0 spiro atoms. The molecule has 7 heteroatoms. The lowest BCUT2D eigenvalue weighted by molar-refractivity contribution is -0.137. The Morgan fingerprint density at radius 1 is 1.20 bits per heavy atom. The molecule has 152 valence electrons. The molecule has 0 amide bonds. The van der Waals surface area contributed by atoms with E-state index in [0.717, 1.165) is 11.3 Å². The predicted molar refractivity (Wildman–Crippen MR) is 115 cm³/mol. The molecule has 3 aromatic rings. The topological polar surface area (TPSA) is 77.1 Å². The number of ether oxygens (including phenoxy) is 2. The first-order valence-corrected chi connectivity index (χ1v) is 9.81. The smallest absolute Gasteiger partial charge is 0.348 e. The molecule has 0 saturated carbocycles. The first-order chi connectivity index (χ1) is 14.6. The number of benzene rings is 2. The van der Waals surface area contributed by atoms with E-state index in [9.17, 15) is 10.1 Å². The third-order valence-electron chi connectivity index (χ3n) is 4.18. The molecule has 0 N–H and O–H groups in total. The number of carbonyl (C=O) groups is 1. The van der Waals surface area contributed by atoms with Crippen LogP contribution >= 0.6 is 11.6 Å². The molecule has 3 rings (SSSR count). The maximum Gasteiger partial charge on any atom is 0.348 e. The maximum atomic E-state index is 12.1.